The Morgan fingerprint density at radius 3 is 2.92 bits per heavy atom. The summed E-state index contributed by atoms with van der Waals surface area (Å²) in [6.07, 6.45) is 0.920. The van der Waals surface area contributed by atoms with Crippen LogP contribution in [-0.4, -0.2) is 10.9 Å². The van der Waals surface area contributed by atoms with Gasteiger partial charge in [0.05, 0.1) is 23.3 Å². The van der Waals surface area contributed by atoms with Crippen LogP contribution < -0.4 is 5.73 Å². The number of carbonyl (C=O) groups is 1. The second-order valence-corrected chi connectivity index (χ2v) is 2.63. The van der Waals surface area contributed by atoms with Gasteiger partial charge in [0.25, 0.3) is 0 Å². The highest BCUT2D eigenvalue weighted by Gasteiger charge is 2.05. The van der Waals surface area contributed by atoms with Crippen molar-refractivity contribution < 1.29 is 9.18 Å². The van der Waals surface area contributed by atoms with E-state index in [4.69, 9.17) is 17.3 Å². The van der Waals surface area contributed by atoms with Gasteiger partial charge in [-0.1, -0.05) is 11.6 Å². The maximum Gasteiger partial charge on any atom is 0.223 e. The van der Waals surface area contributed by atoms with Gasteiger partial charge in [0.1, 0.15) is 5.82 Å². The van der Waals surface area contributed by atoms with E-state index >= 15 is 0 Å². The Morgan fingerprint density at radius 2 is 2.42 bits per heavy atom. The van der Waals surface area contributed by atoms with Crippen molar-refractivity contribution in [2.75, 3.05) is 0 Å². The summed E-state index contributed by atoms with van der Waals surface area (Å²) < 4.78 is 12.4. The highest BCUT2D eigenvalue weighted by atomic mass is 35.5. The van der Waals surface area contributed by atoms with E-state index < -0.39 is 11.7 Å². The number of hydrogen-bond acceptors (Lipinski definition) is 2. The normalized spacial score (nSPS) is 9.83. The molecule has 0 bridgehead atoms. The molecule has 0 unspecified atom stereocenters. The van der Waals surface area contributed by atoms with E-state index in [0.29, 0.717) is 5.69 Å². The van der Waals surface area contributed by atoms with Crippen LogP contribution in [-0.2, 0) is 11.2 Å². The molecule has 0 aliphatic carbocycles. The van der Waals surface area contributed by atoms with Gasteiger partial charge >= 0.3 is 0 Å². The molecule has 1 rings (SSSR count). The summed E-state index contributed by atoms with van der Waals surface area (Å²) in [4.78, 5) is 14.0. The lowest BCUT2D eigenvalue weighted by Crippen LogP contribution is -2.14. The van der Waals surface area contributed by atoms with Crippen LogP contribution in [0.3, 0.4) is 0 Å². The predicted octanol–water partition coefficient (Wildman–Crippen LogP) is 0.902. The van der Waals surface area contributed by atoms with Crippen LogP contribution in [0.2, 0.25) is 5.02 Å². The number of aromatic nitrogens is 1. The zero-order valence-electron chi connectivity index (χ0n) is 6.05. The van der Waals surface area contributed by atoms with Gasteiger partial charge in [-0.05, 0) is 6.07 Å². The van der Waals surface area contributed by atoms with Crippen LogP contribution in [0.1, 0.15) is 5.69 Å². The molecule has 1 aromatic heterocycles. The highest BCUT2D eigenvalue weighted by molar-refractivity contribution is 6.31. The maximum atomic E-state index is 12.4. The van der Waals surface area contributed by atoms with E-state index in [9.17, 15) is 9.18 Å². The number of carbonyl (C=O) groups excluding carboxylic acids is 1. The Bertz CT molecular complexity index is 316. The molecule has 0 fully saturated rings. The van der Waals surface area contributed by atoms with Crippen molar-refractivity contribution in [3.8, 4) is 0 Å². The first-order valence-electron chi connectivity index (χ1n) is 3.18. The molecule has 2 N–H and O–H groups in total. The summed E-state index contributed by atoms with van der Waals surface area (Å²) in [6, 6.07) is 1.09. The molecule has 3 nitrogen and oxygen atoms in total. The van der Waals surface area contributed by atoms with Gasteiger partial charge < -0.3 is 5.73 Å². The van der Waals surface area contributed by atoms with Gasteiger partial charge in [-0.2, -0.15) is 0 Å². The molecule has 5 heteroatoms. The van der Waals surface area contributed by atoms with Crippen LogP contribution in [0.15, 0.2) is 12.3 Å². The van der Waals surface area contributed by atoms with Crippen LogP contribution in [0, 0.1) is 5.82 Å². The van der Waals surface area contributed by atoms with Gasteiger partial charge in [0.15, 0.2) is 0 Å². The van der Waals surface area contributed by atoms with Crippen LogP contribution in [0.4, 0.5) is 4.39 Å². The molecule has 1 heterocycles. The van der Waals surface area contributed by atoms with Crippen molar-refractivity contribution in [3.05, 3.63) is 28.8 Å². The van der Waals surface area contributed by atoms with Crippen LogP contribution in [0.25, 0.3) is 0 Å². The molecule has 1 amide bonds. The summed E-state index contributed by atoms with van der Waals surface area (Å²) in [5, 5.41) is 0.119. The van der Waals surface area contributed by atoms with E-state index in [1.54, 1.807) is 0 Å². The van der Waals surface area contributed by atoms with E-state index in [1.165, 1.54) is 0 Å². The standard InChI is InChI=1S/C7H6ClFN2O/c8-5-1-4(9)3-11-6(5)2-7(10)12/h1,3H,2H2,(H2,10,12). The van der Waals surface area contributed by atoms with Gasteiger partial charge in [-0.15, -0.1) is 0 Å². The van der Waals surface area contributed by atoms with Crippen molar-refractivity contribution in [2.24, 2.45) is 5.73 Å². The molecule has 0 aromatic carbocycles. The number of amides is 1. The van der Waals surface area contributed by atoms with Crippen LogP contribution in [0.5, 0.6) is 0 Å². The number of hydrogen-bond donors (Lipinski definition) is 1. The van der Waals surface area contributed by atoms with Gasteiger partial charge in [-0.3, -0.25) is 9.78 Å². The molecule has 0 radical (unpaired) electrons. The maximum absolute atomic E-state index is 12.4. The first-order valence-corrected chi connectivity index (χ1v) is 3.55. The Morgan fingerprint density at radius 1 is 1.75 bits per heavy atom. The van der Waals surface area contributed by atoms with Gasteiger partial charge in [-0.25, -0.2) is 4.39 Å². The van der Waals surface area contributed by atoms with E-state index in [-0.39, 0.29) is 11.4 Å². The van der Waals surface area contributed by atoms with E-state index in [0.717, 1.165) is 12.3 Å². The highest BCUT2D eigenvalue weighted by Crippen LogP contribution is 2.14. The Kier molecular flexibility index (Phi) is 2.60. The molecular weight excluding hydrogens is 183 g/mol. The molecular formula is C7H6ClFN2O. The second-order valence-electron chi connectivity index (χ2n) is 2.23. The minimum absolute atomic E-state index is 0.0703. The summed E-state index contributed by atoms with van der Waals surface area (Å²) >= 11 is 5.56. The zero-order valence-corrected chi connectivity index (χ0v) is 6.81. The molecule has 1 aromatic rings. The smallest absolute Gasteiger partial charge is 0.223 e. The molecule has 0 aliphatic heterocycles. The Balaban J connectivity index is 2.93. The third-order valence-electron chi connectivity index (χ3n) is 1.23. The summed E-state index contributed by atoms with van der Waals surface area (Å²) in [5.41, 5.74) is 5.20. The molecule has 0 spiro atoms. The molecule has 12 heavy (non-hydrogen) atoms. The Hall–Kier alpha value is -1.16. The van der Waals surface area contributed by atoms with Gasteiger partial charge in [0.2, 0.25) is 5.91 Å². The zero-order chi connectivity index (χ0) is 9.14. The molecule has 0 atom stereocenters. The van der Waals surface area contributed by atoms with Crippen LogP contribution >= 0.6 is 11.6 Å². The number of pyridine rings is 1. The predicted molar refractivity (Wildman–Crippen MR) is 42.1 cm³/mol. The minimum Gasteiger partial charge on any atom is -0.369 e. The SMILES string of the molecule is NC(=O)Cc1ncc(F)cc1Cl. The Labute approximate surface area is 73.4 Å². The lowest BCUT2D eigenvalue weighted by molar-refractivity contribution is -0.117. The number of primary amides is 1. The largest absolute Gasteiger partial charge is 0.369 e. The van der Waals surface area contributed by atoms with E-state index in [2.05, 4.69) is 4.98 Å². The minimum atomic E-state index is -0.545. The summed E-state index contributed by atoms with van der Waals surface area (Å²) in [5.74, 6) is -1.08. The van der Waals surface area contributed by atoms with E-state index in [1.807, 2.05) is 0 Å². The van der Waals surface area contributed by atoms with Crippen molar-refractivity contribution in [3.63, 3.8) is 0 Å². The quantitative estimate of drug-likeness (QED) is 0.750. The first kappa shape index (κ1) is 8.93. The number of rotatable bonds is 2. The van der Waals surface area contributed by atoms with Crippen molar-refractivity contribution in [1.82, 2.24) is 4.98 Å². The fourth-order valence-electron chi connectivity index (χ4n) is 0.738. The fraction of sp³-hybridized carbons (Fsp3) is 0.143. The average molecular weight is 189 g/mol. The molecule has 0 aliphatic rings. The summed E-state index contributed by atoms with van der Waals surface area (Å²) in [7, 11) is 0. The van der Waals surface area contributed by atoms with Crippen molar-refractivity contribution in [1.29, 1.82) is 0 Å². The number of nitrogens with zero attached hydrogens (tertiary/aromatic N) is 1. The summed E-state index contributed by atoms with van der Waals surface area (Å²) in [6.45, 7) is 0. The molecule has 0 saturated carbocycles. The third kappa shape index (κ3) is 2.17. The molecule has 0 saturated heterocycles. The first-order chi connectivity index (χ1) is 5.59. The number of nitrogens with two attached hydrogens (primary N) is 1. The van der Waals surface area contributed by atoms with Crippen molar-refractivity contribution >= 4 is 17.5 Å². The fourth-order valence-corrected chi connectivity index (χ4v) is 0.958. The lowest BCUT2D eigenvalue weighted by Gasteiger charge is -1.98. The third-order valence-corrected chi connectivity index (χ3v) is 1.55. The second kappa shape index (κ2) is 3.49. The lowest BCUT2D eigenvalue weighted by atomic mass is 10.2. The van der Waals surface area contributed by atoms with Gasteiger partial charge in [0, 0.05) is 0 Å². The monoisotopic (exact) mass is 188 g/mol. The average Bonchev–Trinajstić information content (AvgIpc) is 1.94. The number of halogens is 2. The molecule has 64 valence electrons. The topological polar surface area (TPSA) is 56.0 Å². The van der Waals surface area contributed by atoms with Crippen molar-refractivity contribution in [2.45, 2.75) is 6.42 Å².